The maximum Gasteiger partial charge on any atom is 0.0471 e. The standard InChI is InChI=1S/C13H19ClN2/c1-16(12-4-2-3-5-12)9-10-6-7-11(15)8-13(10)14/h6-8,12H,2-5,9,15H2,1H3. The van der Waals surface area contributed by atoms with E-state index in [0.29, 0.717) is 0 Å². The van der Waals surface area contributed by atoms with Crippen LogP contribution in [-0.4, -0.2) is 18.0 Å². The monoisotopic (exact) mass is 238 g/mol. The summed E-state index contributed by atoms with van der Waals surface area (Å²) in [4.78, 5) is 2.41. The van der Waals surface area contributed by atoms with Crippen molar-refractivity contribution >= 4 is 17.3 Å². The minimum atomic E-state index is 0.730. The molecule has 16 heavy (non-hydrogen) atoms. The SMILES string of the molecule is CN(Cc1ccc(N)cc1Cl)C1CCCC1. The van der Waals surface area contributed by atoms with Crippen LogP contribution in [0.1, 0.15) is 31.2 Å². The fourth-order valence-corrected chi connectivity index (χ4v) is 2.68. The molecule has 0 atom stereocenters. The molecule has 0 aromatic heterocycles. The number of nitrogen functional groups attached to an aromatic ring is 1. The average Bonchev–Trinajstić information content (AvgIpc) is 2.75. The second-order valence-electron chi connectivity index (χ2n) is 4.70. The normalized spacial score (nSPS) is 17.2. The van der Waals surface area contributed by atoms with Gasteiger partial charge in [-0.2, -0.15) is 0 Å². The lowest BCUT2D eigenvalue weighted by molar-refractivity contribution is 0.237. The lowest BCUT2D eigenvalue weighted by atomic mass is 10.1. The van der Waals surface area contributed by atoms with Gasteiger partial charge in [0, 0.05) is 23.3 Å². The van der Waals surface area contributed by atoms with E-state index in [1.54, 1.807) is 0 Å². The maximum absolute atomic E-state index is 6.17. The Kier molecular flexibility index (Phi) is 3.72. The van der Waals surface area contributed by atoms with Crippen molar-refractivity contribution in [3.63, 3.8) is 0 Å². The van der Waals surface area contributed by atoms with Crippen LogP contribution < -0.4 is 5.73 Å². The van der Waals surface area contributed by atoms with Crippen LogP contribution >= 0.6 is 11.6 Å². The van der Waals surface area contributed by atoms with Crippen molar-refractivity contribution in [1.29, 1.82) is 0 Å². The number of rotatable bonds is 3. The first-order chi connectivity index (χ1) is 7.66. The van der Waals surface area contributed by atoms with E-state index in [1.807, 2.05) is 18.2 Å². The van der Waals surface area contributed by atoms with Gasteiger partial charge in [0.25, 0.3) is 0 Å². The van der Waals surface area contributed by atoms with Gasteiger partial charge in [0.1, 0.15) is 0 Å². The number of halogens is 1. The second-order valence-corrected chi connectivity index (χ2v) is 5.11. The summed E-state index contributed by atoms with van der Waals surface area (Å²) in [5, 5.41) is 0.782. The van der Waals surface area contributed by atoms with Crippen molar-refractivity contribution in [2.75, 3.05) is 12.8 Å². The highest BCUT2D eigenvalue weighted by atomic mass is 35.5. The van der Waals surface area contributed by atoms with Gasteiger partial charge in [-0.05, 0) is 37.6 Å². The minimum absolute atomic E-state index is 0.730. The van der Waals surface area contributed by atoms with E-state index in [0.717, 1.165) is 23.3 Å². The summed E-state index contributed by atoms with van der Waals surface area (Å²) >= 11 is 6.17. The molecule has 0 aliphatic heterocycles. The number of hydrogen-bond acceptors (Lipinski definition) is 2. The predicted octanol–water partition coefficient (Wildman–Crippen LogP) is 3.30. The van der Waals surface area contributed by atoms with Gasteiger partial charge in [-0.25, -0.2) is 0 Å². The van der Waals surface area contributed by atoms with Gasteiger partial charge < -0.3 is 5.73 Å². The Bertz CT molecular complexity index is 359. The molecule has 0 spiro atoms. The van der Waals surface area contributed by atoms with E-state index in [-0.39, 0.29) is 0 Å². The Labute approximate surface area is 102 Å². The molecule has 1 aliphatic carbocycles. The Balaban J connectivity index is 2.02. The van der Waals surface area contributed by atoms with E-state index >= 15 is 0 Å². The average molecular weight is 239 g/mol. The van der Waals surface area contributed by atoms with Crippen molar-refractivity contribution in [3.8, 4) is 0 Å². The van der Waals surface area contributed by atoms with Crippen LogP contribution in [0.2, 0.25) is 5.02 Å². The quantitative estimate of drug-likeness (QED) is 0.819. The fourth-order valence-electron chi connectivity index (χ4n) is 2.43. The van der Waals surface area contributed by atoms with Crippen LogP contribution in [0, 0.1) is 0 Å². The van der Waals surface area contributed by atoms with Crippen LogP contribution in [0.25, 0.3) is 0 Å². The van der Waals surface area contributed by atoms with Gasteiger partial charge in [0.05, 0.1) is 0 Å². The molecule has 2 N–H and O–H groups in total. The number of benzene rings is 1. The summed E-state index contributed by atoms with van der Waals surface area (Å²) in [6.07, 6.45) is 5.38. The summed E-state index contributed by atoms with van der Waals surface area (Å²) in [6, 6.07) is 6.51. The molecule has 0 saturated heterocycles. The van der Waals surface area contributed by atoms with E-state index in [2.05, 4.69) is 11.9 Å². The van der Waals surface area contributed by atoms with Crippen molar-refractivity contribution < 1.29 is 0 Å². The zero-order chi connectivity index (χ0) is 11.5. The molecular weight excluding hydrogens is 220 g/mol. The van der Waals surface area contributed by atoms with Crippen LogP contribution in [-0.2, 0) is 6.54 Å². The molecule has 1 fully saturated rings. The van der Waals surface area contributed by atoms with Gasteiger partial charge in [0.15, 0.2) is 0 Å². The second kappa shape index (κ2) is 5.07. The molecule has 2 nitrogen and oxygen atoms in total. The highest BCUT2D eigenvalue weighted by Crippen LogP contribution is 2.26. The van der Waals surface area contributed by atoms with Crippen LogP contribution in [0.4, 0.5) is 5.69 Å². The summed E-state index contributed by atoms with van der Waals surface area (Å²) in [6.45, 7) is 0.920. The summed E-state index contributed by atoms with van der Waals surface area (Å²) in [7, 11) is 2.18. The third-order valence-corrected chi connectivity index (χ3v) is 3.80. The number of hydrogen-bond donors (Lipinski definition) is 1. The molecule has 0 unspecified atom stereocenters. The Morgan fingerprint density at radius 3 is 2.69 bits per heavy atom. The fraction of sp³-hybridized carbons (Fsp3) is 0.538. The molecule has 88 valence electrons. The first kappa shape index (κ1) is 11.7. The lowest BCUT2D eigenvalue weighted by Gasteiger charge is -2.24. The van der Waals surface area contributed by atoms with Crippen molar-refractivity contribution in [1.82, 2.24) is 4.90 Å². The Hall–Kier alpha value is -0.730. The first-order valence-corrected chi connectivity index (χ1v) is 6.29. The van der Waals surface area contributed by atoms with Gasteiger partial charge in [-0.15, -0.1) is 0 Å². The Morgan fingerprint density at radius 1 is 1.38 bits per heavy atom. The molecule has 0 radical (unpaired) electrons. The first-order valence-electron chi connectivity index (χ1n) is 5.91. The Morgan fingerprint density at radius 2 is 2.06 bits per heavy atom. The van der Waals surface area contributed by atoms with Crippen LogP contribution in [0.15, 0.2) is 18.2 Å². The number of anilines is 1. The molecule has 1 saturated carbocycles. The molecular formula is C13H19ClN2. The zero-order valence-electron chi connectivity index (χ0n) is 9.75. The minimum Gasteiger partial charge on any atom is -0.399 e. The van der Waals surface area contributed by atoms with Gasteiger partial charge in [-0.1, -0.05) is 30.5 Å². The van der Waals surface area contributed by atoms with Crippen molar-refractivity contribution in [2.24, 2.45) is 0 Å². The van der Waals surface area contributed by atoms with E-state index in [4.69, 9.17) is 17.3 Å². The highest BCUT2D eigenvalue weighted by molar-refractivity contribution is 6.31. The third-order valence-electron chi connectivity index (χ3n) is 3.44. The smallest absolute Gasteiger partial charge is 0.0471 e. The summed E-state index contributed by atoms with van der Waals surface area (Å²) in [5.74, 6) is 0. The third kappa shape index (κ3) is 2.69. The highest BCUT2D eigenvalue weighted by Gasteiger charge is 2.19. The van der Waals surface area contributed by atoms with Gasteiger partial charge in [0.2, 0.25) is 0 Å². The summed E-state index contributed by atoms with van der Waals surface area (Å²) < 4.78 is 0. The van der Waals surface area contributed by atoms with Crippen molar-refractivity contribution in [3.05, 3.63) is 28.8 Å². The van der Waals surface area contributed by atoms with E-state index < -0.39 is 0 Å². The van der Waals surface area contributed by atoms with Gasteiger partial charge >= 0.3 is 0 Å². The lowest BCUT2D eigenvalue weighted by Crippen LogP contribution is -2.28. The van der Waals surface area contributed by atoms with Crippen molar-refractivity contribution in [2.45, 2.75) is 38.3 Å². The summed E-state index contributed by atoms with van der Waals surface area (Å²) in [5.41, 5.74) is 7.59. The molecule has 0 amide bonds. The topological polar surface area (TPSA) is 29.3 Å². The molecule has 1 aromatic carbocycles. The molecule has 0 heterocycles. The number of nitrogens with zero attached hydrogens (tertiary/aromatic N) is 1. The molecule has 1 aromatic rings. The molecule has 1 aliphatic rings. The van der Waals surface area contributed by atoms with Crippen LogP contribution in [0.3, 0.4) is 0 Å². The predicted molar refractivity (Wildman–Crippen MR) is 69.6 cm³/mol. The van der Waals surface area contributed by atoms with E-state index in [1.165, 1.54) is 31.2 Å². The van der Waals surface area contributed by atoms with Crippen LogP contribution in [0.5, 0.6) is 0 Å². The maximum atomic E-state index is 6.17. The molecule has 2 rings (SSSR count). The molecule has 0 bridgehead atoms. The largest absolute Gasteiger partial charge is 0.399 e. The van der Waals surface area contributed by atoms with E-state index in [9.17, 15) is 0 Å². The number of nitrogens with two attached hydrogens (primary N) is 1. The zero-order valence-corrected chi connectivity index (χ0v) is 10.5. The molecule has 3 heteroatoms. The van der Waals surface area contributed by atoms with Gasteiger partial charge in [-0.3, -0.25) is 4.90 Å².